The fraction of sp³-hybridized carbons (Fsp3) is 0.308. The summed E-state index contributed by atoms with van der Waals surface area (Å²) in [5, 5.41) is 8.74. The monoisotopic (exact) mass is 236 g/mol. The Morgan fingerprint density at radius 1 is 1.53 bits per heavy atom. The Kier molecular flexibility index (Phi) is 3.13. The average Bonchev–Trinajstić information content (AvgIpc) is 2.36. The first-order valence-electron chi connectivity index (χ1n) is 5.38. The first kappa shape index (κ1) is 11.6. The lowest BCUT2D eigenvalue weighted by atomic mass is 9.88. The standard InChI is InChI=1S/C13H13FO3/c1-17-11-7-3-4-8-9(11)5-2-6-10(8)12(14)13(15)16/h3-4,6-7,12H,2,5H2,1H3,(H,15,16). The van der Waals surface area contributed by atoms with Crippen LogP contribution in [0.3, 0.4) is 0 Å². The number of allylic oxidation sites excluding steroid dienone is 1. The van der Waals surface area contributed by atoms with Gasteiger partial charge in [0.25, 0.3) is 0 Å². The molecule has 0 fully saturated rings. The molecule has 90 valence electrons. The molecule has 3 nitrogen and oxygen atoms in total. The highest BCUT2D eigenvalue weighted by atomic mass is 19.1. The van der Waals surface area contributed by atoms with Crippen molar-refractivity contribution in [3.8, 4) is 5.75 Å². The van der Waals surface area contributed by atoms with E-state index in [0.717, 1.165) is 12.0 Å². The Morgan fingerprint density at radius 3 is 2.94 bits per heavy atom. The summed E-state index contributed by atoms with van der Waals surface area (Å²) in [4.78, 5) is 10.7. The summed E-state index contributed by atoms with van der Waals surface area (Å²) in [5.74, 6) is -0.766. The third kappa shape index (κ3) is 2.02. The lowest BCUT2D eigenvalue weighted by molar-refractivity contribution is -0.140. The number of carboxylic acid groups (broad SMARTS) is 1. The number of carbonyl (C=O) groups is 1. The van der Waals surface area contributed by atoms with Crippen LogP contribution in [0.15, 0.2) is 24.3 Å². The molecular formula is C13H13FO3. The molecule has 1 N–H and O–H groups in total. The van der Waals surface area contributed by atoms with Crippen molar-refractivity contribution < 1.29 is 19.0 Å². The molecule has 0 saturated heterocycles. The number of ether oxygens (including phenoxy) is 1. The maximum absolute atomic E-state index is 13.6. The number of methoxy groups -OCH3 is 1. The SMILES string of the molecule is COc1cccc2c1CCC=C2C(F)C(=O)O. The largest absolute Gasteiger partial charge is 0.496 e. The quantitative estimate of drug-likeness (QED) is 0.876. The Hall–Kier alpha value is -1.84. The van der Waals surface area contributed by atoms with Gasteiger partial charge < -0.3 is 9.84 Å². The van der Waals surface area contributed by atoms with Gasteiger partial charge in [-0.05, 0) is 24.5 Å². The molecule has 17 heavy (non-hydrogen) atoms. The topological polar surface area (TPSA) is 46.5 Å². The molecule has 1 atom stereocenters. The molecule has 0 aromatic heterocycles. The third-order valence-electron chi connectivity index (χ3n) is 2.91. The minimum absolute atomic E-state index is 0.234. The van der Waals surface area contributed by atoms with E-state index in [9.17, 15) is 9.18 Å². The maximum atomic E-state index is 13.6. The van der Waals surface area contributed by atoms with Crippen molar-refractivity contribution in [1.82, 2.24) is 0 Å². The predicted molar refractivity (Wildman–Crippen MR) is 61.8 cm³/mol. The summed E-state index contributed by atoms with van der Waals surface area (Å²) in [6, 6.07) is 5.28. The van der Waals surface area contributed by atoms with Gasteiger partial charge in [-0.1, -0.05) is 18.2 Å². The van der Waals surface area contributed by atoms with E-state index >= 15 is 0 Å². The summed E-state index contributed by atoms with van der Waals surface area (Å²) >= 11 is 0. The average molecular weight is 236 g/mol. The minimum atomic E-state index is -1.97. The summed E-state index contributed by atoms with van der Waals surface area (Å²) in [6.07, 6.45) is 1.06. The van der Waals surface area contributed by atoms with Gasteiger partial charge in [-0.3, -0.25) is 0 Å². The lowest BCUT2D eigenvalue weighted by Gasteiger charge is -2.20. The van der Waals surface area contributed by atoms with E-state index in [1.807, 2.05) is 0 Å². The van der Waals surface area contributed by atoms with E-state index in [4.69, 9.17) is 9.84 Å². The van der Waals surface area contributed by atoms with Crippen LogP contribution < -0.4 is 4.74 Å². The first-order valence-corrected chi connectivity index (χ1v) is 5.38. The molecule has 0 bridgehead atoms. The normalized spacial score (nSPS) is 15.8. The van der Waals surface area contributed by atoms with Crippen LogP contribution in [0, 0.1) is 0 Å². The summed E-state index contributed by atoms with van der Waals surface area (Å²) in [5.41, 5.74) is 1.76. The molecule has 0 aliphatic heterocycles. The Balaban J connectivity index is 2.48. The molecule has 0 spiro atoms. The van der Waals surface area contributed by atoms with Gasteiger partial charge in [0, 0.05) is 11.1 Å². The Bertz CT molecular complexity index is 480. The maximum Gasteiger partial charge on any atom is 0.343 e. The fourth-order valence-electron chi connectivity index (χ4n) is 2.14. The zero-order chi connectivity index (χ0) is 12.4. The van der Waals surface area contributed by atoms with Crippen LogP contribution >= 0.6 is 0 Å². The van der Waals surface area contributed by atoms with E-state index in [1.165, 1.54) is 0 Å². The van der Waals surface area contributed by atoms with Gasteiger partial charge in [-0.25, -0.2) is 9.18 Å². The van der Waals surface area contributed by atoms with Gasteiger partial charge in [0.2, 0.25) is 6.17 Å². The Morgan fingerprint density at radius 2 is 2.29 bits per heavy atom. The number of rotatable bonds is 3. The summed E-state index contributed by atoms with van der Waals surface area (Å²) in [7, 11) is 1.55. The van der Waals surface area contributed by atoms with Crippen LogP contribution in [0.5, 0.6) is 5.75 Å². The molecule has 1 aliphatic rings. The van der Waals surface area contributed by atoms with Crippen molar-refractivity contribution in [2.75, 3.05) is 7.11 Å². The van der Waals surface area contributed by atoms with Gasteiger partial charge in [-0.15, -0.1) is 0 Å². The minimum Gasteiger partial charge on any atom is -0.496 e. The zero-order valence-corrected chi connectivity index (χ0v) is 9.44. The van der Waals surface area contributed by atoms with E-state index in [0.29, 0.717) is 17.7 Å². The molecule has 1 aromatic rings. The van der Waals surface area contributed by atoms with Crippen molar-refractivity contribution in [2.45, 2.75) is 19.0 Å². The zero-order valence-electron chi connectivity index (χ0n) is 9.44. The number of benzene rings is 1. The highest BCUT2D eigenvalue weighted by Gasteiger charge is 2.27. The van der Waals surface area contributed by atoms with Crippen molar-refractivity contribution in [2.24, 2.45) is 0 Å². The molecule has 1 aromatic carbocycles. The fourth-order valence-corrected chi connectivity index (χ4v) is 2.14. The number of carboxylic acids is 1. The molecule has 4 heteroatoms. The smallest absolute Gasteiger partial charge is 0.343 e. The van der Waals surface area contributed by atoms with Gasteiger partial charge in [-0.2, -0.15) is 0 Å². The number of halogens is 1. The molecule has 0 radical (unpaired) electrons. The van der Waals surface area contributed by atoms with Crippen LogP contribution in [0.4, 0.5) is 4.39 Å². The predicted octanol–water partition coefficient (Wildman–Crippen LogP) is 2.45. The second-order valence-electron chi connectivity index (χ2n) is 3.89. The van der Waals surface area contributed by atoms with Crippen LogP contribution in [0.25, 0.3) is 5.57 Å². The number of alkyl halides is 1. The van der Waals surface area contributed by atoms with Gasteiger partial charge >= 0.3 is 5.97 Å². The summed E-state index contributed by atoms with van der Waals surface area (Å²) in [6.45, 7) is 0. The molecule has 1 aliphatic carbocycles. The van der Waals surface area contributed by atoms with E-state index in [-0.39, 0.29) is 5.57 Å². The highest BCUT2D eigenvalue weighted by molar-refractivity contribution is 5.91. The number of hydrogen-bond acceptors (Lipinski definition) is 2. The number of hydrogen-bond donors (Lipinski definition) is 1. The Labute approximate surface area is 98.5 Å². The third-order valence-corrected chi connectivity index (χ3v) is 2.91. The molecule has 1 unspecified atom stereocenters. The number of aliphatic carboxylic acids is 1. The van der Waals surface area contributed by atoms with Crippen LogP contribution in [0.1, 0.15) is 17.5 Å². The van der Waals surface area contributed by atoms with E-state index in [2.05, 4.69) is 0 Å². The number of fused-ring (bicyclic) bond motifs is 1. The lowest BCUT2D eigenvalue weighted by Crippen LogP contribution is -2.19. The van der Waals surface area contributed by atoms with Gasteiger partial charge in [0.05, 0.1) is 7.11 Å². The highest BCUT2D eigenvalue weighted by Crippen LogP contribution is 2.35. The van der Waals surface area contributed by atoms with Crippen LogP contribution in [0.2, 0.25) is 0 Å². The van der Waals surface area contributed by atoms with Crippen molar-refractivity contribution >= 4 is 11.5 Å². The summed E-state index contributed by atoms with van der Waals surface area (Å²) < 4.78 is 18.8. The van der Waals surface area contributed by atoms with Crippen LogP contribution in [-0.4, -0.2) is 24.4 Å². The van der Waals surface area contributed by atoms with Crippen LogP contribution in [-0.2, 0) is 11.2 Å². The second kappa shape index (κ2) is 4.57. The molecule has 0 saturated carbocycles. The van der Waals surface area contributed by atoms with Crippen molar-refractivity contribution in [3.63, 3.8) is 0 Å². The molecular weight excluding hydrogens is 223 g/mol. The molecule has 2 rings (SSSR count). The van der Waals surface area contributed by atoms with Crippen molar-refractivity contribution in [1.29, 1.82) is 0 Å². The molecule has 0 amide bonds. The van der Waals surface area contributed by atoms with E-state index < -0.39 is 12.1 Å². The first-order chi connectivity index (χ1) is 8.15. The molecule has 0 heterocycles. The van der Waals surface area contributed by atoms with Crippen molar-refractivity contribution in [3.05, 3.63) is 35.4 Å². The second-order valence-corrected chi connectivity index (χ2v) is 3.89. The van der Waals surface area contributed by atoms with Gasteiger partial charge in [0.1, 0.15) is 5.75 Å². The van der Waals surface area contributed by atoms with Gasteiger partial charge in [0.15, 0.2) is 0 Å². The van der Waals surface area contributed by atoms with E-state index in [1.54, 1.807) is 31.4 Å².